The summed E-state index contributed by atoms with van der Waals surface area (Å²) in [6, 6.07) is 85.2. The minimum absolute atomic E-state index is 0.0555. The van der Waals surface area contributed by atoms with E-state index in [1.807, 2.05) is 0 Å². The lowest BCUT2D eigenvalue weighted by atomic mass is 9.86. The number of aryl methyl sites for hydroxylation is 2. The third-order valence-electron chi connectivity index (χ3n) is 17.3. The fourth-order valence-corrected chi connectivity index (χ4v) is 13.3. The Hall–Kier alpha value is -9.84. The van der Waals surface area contributed by atoms with Gasteiger partial charge in [0.25, 0.3) is 0 Å². The molecule has 388 valence electrons. The van der Waals surface area contributed by atoms with Gasteiger partial charge in [-0.05, 0) is 165 Å². The molecule has 0 amide bonds. The quantitative estimate of drug-likeness (QED) is 0.144. The molecule has 0 N–H and O–H groups in total. The molecule has 0 aliphatic rings. The van der Waals surface area contributed by atoms with Crippen molar-refractivity contribution in [3.05, 3.63) is 247 Å². The molecule has 16 aromatic rings. The Morgan fingerprint density at radius 3 is 1.23 bits per heavy atom. The number of rotatable bonds is 9. The molecule has 81 heavy (non-hydrogen) atoms. The molecule has 0 aliphatic carbocycles. The van der Waals surface area contributed by atoms with Crippen LogP contribution in [0.5, 0.6) is 0 Å². The van der Waals surface area contributed by atoms with E-state index in [-0.39, 0.29) is 5.41 Å². The molecule has 0 fully saturated rings. The molecule has 0 spiro atoms. The molecular formula is C76H57N3O2. The van der Waals surface area contributed by atoms with Crippen LogP contribution in [-0.4, -0.2) is 4.40 Å². The SMILES string of the molecule is CCc1cccc2c1oc1c(N(c3ccccc3)c3ccc4cc5c6cc(-c7ccc(C(C)(C)C)cc7)cc7c8cc9ccc(N(c%10ccccc%10)c%10cccc%11c%10oc%10c(CC)cccc%10%11)cc9cc8n(c5cc4c3)c67)cccc12. The Labute approximate surface area is 469 Å². The molecule has 0 atom stereocenters. The van der Waals surface area contributed by atoms with E-state index in [4.69, 9.17) is 8.83 Å². The predicted molar refractivity (Wildman–Crippen MR) is 343 cm³/mol. The van der Waals surface area contributed by atoms with Gasteiger partial charge < -0.3 is 23.0 Å². The first-order chi connectivity index (χ1) is 39.7. The topological polar surface area (TPSA) is 37.2 Å². The number of fused-ring (bicyclic) bond motifs is 14. The van der Waals surface area contributed by atoms with Crippen LogP contribution in [0.15, 0.2) is 239 Å². The van der Waals surface area contributed by atoms with Crippen LogP contribution >= 0.6 is 0 Å². The molecule has 0 aliphatic heterocycles. The number of anilines is 6. The lowest BCUT2D eigenvalue weighted by molar-refractivity contribution is 0.590. The Balaban J connectivity index is 0.926. The van der Waals surface area contributed by atoms with Gasteiger partial charge in [-0.25, -0.2) is 0 Å². The van der Waals surface area contributed by atoms with Crippen LogP contribution in [0, 0.1) is 0 Å². The molecule has 0 radical (unpaired) electrons. The number of furan rings is 2. The minimum atomic E-state index is 0.0555. The van der Waals surface area contributed by atoms with Crippen LogP contribution in [0.1, 0.15) is 51.3 Å². The van der Waals surface area contributed by atoms with E-state index < -0.39 is 0 Å². The highest BCUT2D eigenvalue weighted by molar-refractivity contribution is 6.27. The number of hydrogen-bond donors (Lipinski definition) is 0. The van der Waals surface area contributed by atoms with E-state index in [1.165, 1.54) is 76.7 Å². The first-order valence-corrected chi connectivity index (χ1v) is 28.5. The van der Waals surface area contributed by atoms with E-state index in [0.717, 1.165) is 102 Å². The van der Waals surface area contributed by atoms with Gasteiger partial charge >= 0.3 is 0 Å². The third-order valence-corrected chi connectivity index (χ3v) is 17.3. The smallest absolute Gasteiger partial charge is 0.159 e. The van der Waals surface area contributed by atoms with Gasteiger partial charge in [0.05, 0.1) is 27.9 Å². The predicted octanol–water partition coefficient (Wildman–Crippen LogP) is 22.0. The normalized spacial score (nSPS) is 12.4. The molecular weight excluding hydrogens is 987 g/mol. The van der Waals surface area contributed by atoms with E-state index in [1.54, 1.807) is 0 Å². The molecule has 0 saturated carbocycles. The van der Waals surface area contributed by atoms with Crippen LogP contribution in [0.3, 0.4) is 0 Å². The van der Waals surface area contributed by atoms with Crippen LogP contribution < -0.4 is 9.80 Å². The average molecular weight is 1040 g/mol. The largest absolute Gasteiger partial charge is 0.454 e. The second-order valence-electron chi connectivity index (χ2n) is 23.0. The molecule has 0 saturated heterocycles. The first kappa shape index (κ1) is 47.2. The Morgan fingerprint density at radius 2 is 0.790 bits per heavy atom. The van der Waals surface area contributed by atoms with Crippen molar-refractivity contribution in [2.24, 2.45) is 0 Å². The van der Waals surface area contributed by atoms with Crippen molar-refractivity contribution in [2.45, 2.75) is 52.9 Å². The molecule has 16 rings (SSSR count). The van der Waals surface area contributed by atoms with Crippen LogP contribution in [-0.2, 0) is 18.3 Å². The maximum Gasteiger partial charge on any atom is 0.159 e. The third kappa shape index (κ3) is 7.24. The highest BCUT2D eigenvalue weighted by atomic mass is 16.3. The second-order valence-corrected chi connectivity index (χ2v) is 23.0. The Bertz CT molecular complexity index is 4880. The van der Waals surface area contributed by atoms with Crippen LogP contribution in [0.25, 0.3) is 115 Å². The van der Waals surface area contributed by atoms with E-state index in [0.29, 0.717) is 0 Å². The molecule has 4 aromatic heterocycles. The van der Waals surface area contributed by atoms with Crippen molar-refractivity contribution in [1.29, 1.82) is 0 Å². The van der Waals surface area contributed by atoms with Crippen molar-refractivity contribution in [1.82, 2.24) is 4.40 Å². The molecule has 0 unspecified atom stereocenters. The van der Waals surface area contributed by atoms with E-state index >= 15 is 0 Å². The zero-order chi connectivity index (χ0) is 54.3. The fraction of sp³-hybridized carbons (Fsp3) is 0.105. The summed E-state index contributed by atoms with van der Waals surface area (Å²) >= 11 is 0. The summed E-state index contributed by atoms with van der Waals surface area (Å²) in [6.45, 7) is 11.2. The van der Waals surface area contributed by atoms with Crippen molar-refractivity contribution >= 4 is 138 Å². The number of hydrogen-bond acceptors (Lipinski definition) is 4. The molecule has 0 bridgehead atoms. The highest BCUT2D eigenvalue weighted by Crippen LogP contribution is 2.49. The average Bonchev–Trinajstić information content (AvgIpc) is 2.80. The maximum atomic E-state index is 6.92. The van der Waals surface area contributed by atoms with Gasteiger partial charge in [0.1, 0.15) is 11.2 Å². The minimum Gasteiger partial charge on any atom is -0.454 e. The molecule has 5 heteroatoms. The zero-order valence-corrected chi connectivity index (χ0v) is 46.0. The number of aromatic nitrogens is 1. The lowest BCUT2D eigenvalue weighted by Crippen LogP contribution is -2.10. The number of nitrogens with zero attached hydrogens (tertiary/aromatic N) is 3. The number of benzene rings is 12. The first-order valence-electron chi connectivity index (χ1n) is 28.5. The Morgan fingerprint density at radius 1 is 0.346 bits per heavy atom. The van der Waals surface area contributed by atoms with E-state index in [2.05, 4.69) is 279 Å². The molecule has 5 nitrogen and oxygen atoms in total. The summed E-state index contributed by atoms with van der Waals surface area (Å²) in [6.07, 6.45) is 1.79. The van der Waals surface area contributed by atoms with Crippen molar-refractivity contribution in [3.63, 3.8) is 0 Å². The summed E-state index contributed by atoms with van der Waals surface area (Å²) < 4.78 is 16.4. The molecule has 4 heterocycles. The standard InChI is InChI=1S/C76H57N3O2/c1-6-46-18-14-24-59-61-26-16-28-67(74(61)80-72(46)59)77(55-20-10-8-11-21-55)57-36-32-49-40-63-65-42-53(48-30-34-54(35-31-48)76(3,4)5)43-66-64-41-50-33-37-58(39-52(50)45-70(64)79(71(65)66)69(63)44-51(49)38-57)78(56-22-12-9-13-23-56)68-29-17-27-62-60-25-15-19-47(7-2)73(60)81-75(62)68/h8-45H,6-7H2,1-5H3. The van der Waals surface area contributed by atoms with Gasteiger partial charge in [0.2, 0.25) is 0 Å². The monoisotopic (exact) mass is 1040 g/mol. The van der Waals surface area contributed by atoms with Crippen molar-refractivity contribution in [2.75, 3.05) is 9.80 Å². The number of para-hydroxylation sites is 6. The maximum absolute atomic E-state index is 6.92. The zero-order valence-electron chi connectivity index (χ0n) is 46.0. The summed E-state index contributed by atoms with van der Waals surface area (Å²) in [7, 11) is 0. The van der Waals surface area contributed by atoms with Gasteiger partial charge in [-0.3, -0.25) is 0 Å². The van der Waals surface area contributed by atoms with Crippen LogP contribution in [0.2, 0.25) is 0 Å². The van der Waals surface area contributed by atoms with Crippen LogP contribution in [0.4, 0.5) is 34.1 Å². The van der Waals surface area contributed by atoms with Gasteiger partial charge in [-0.1, -0.05) is 168 Å². The second kappa shape index (κ2) is 17.8. The fourth-order valence-electron chi connectivity index (χ4n) is 13.3. The lowest BCUT2D eigenvalue weighted by Gasteiger charge is -2.26. The van der Waals surface area contributed by atoms with Crippen molar-refractivity contribution in [3.8, 4) is 11.1 Å². The summed E-state index contributed by atoms with van der Waals surface area (Å²) in [5, 5.41) is 14.2. The van der Waals surface area contributed by atoms with Gasteiger partial charge in [0.15, 0.2) is 11.2 Å². The highest BCUT2D eigenvalue weighted by Gasteiger charge is 2.25. The Kier molecular flexibility index (Phi) is 10.4. The summed E-state index contributed by atoms with van der Waals surface area (Å²) in [5.41, 5.74) is 19.8. The molecule has 12 aromatic carbocycles. The van der Waals surface area contributed by atoms with Gasteiger partial charge in [0, 0.05) is 65.8 Å². The van der Waals surface area contributed by atoms with Gasteiger partial charge in [-0.15, -0.1) is 0 Å². The van der Waals surface area contributed by atoms with Crippen molar-refractivity contribution < 1.29 is 8.83 Å². The van der Waals surface area contributed by atoms with E-state index in [9.17, 15) is 0 Å². The summed E-state index contributed by atoms with van der Waals surface area (Å²) in [5.74, 6) is 0. The summed E-state index contributed by atoms with van der Waals surface area (Å²) in [4.78, 5) is 4.72. The van der Waals surface area contributed by atoms with Gasteiger partial charge in [-0.2, -0.15) is 0 Å².